The maximum Gasteiger partial charge on any atom is 0.227 e. The Balaban J connectivity index is 2.10. The van der Waals surface area contributed by atoms with Crippen LogP contribution >= 0.6 is 0 Å². The fraction of sp³-hybridized carbons (Fsp3) is 0.333. The predicted molar refractivity (Wildman–Crippen MR) is 111 cm³/mol. The van der Waals surface area contributed by atoms with Crippen LogP contribution in [0.15, 0.2) is 40.9 Å². The smallest absolute Gasteiger partial charge is 0.227 e. The van der Waals surface area contributed by atoms with Gasteiger partial charge in [-0.3, -0.25) is 0 Å². The van der Waals surface area contributed by atoms with E-state index in [1.165, 1.54) is 0 Å². The van der Waals surface area contributed by atoms with Gasteiger partial charge in [-0.15, -0.1) is 0 Å². The first-order valence-corrected chi connectivity index (χ1v) is 9.22. The maximum atomic E-state index is 8.53. The average Bonchev–Trinajstić information content (AvgIpc) is 2.97. The number of benzene rings is 1. The number of furan rings is 1. The number of aromatic nitrogens is 2. The molecular formula is C24H27N2O+. The number of pyridine rings is 2. The Labute approximate surface area is 164 Å². The van der Waals surface area contributed by atoms with E-state index in [9.17, 15) is 0 Å². The molecule has 3 nitrogen and oxygen atoms in total. The summed E-state index contributed by atoms with van der Waals surface area (Å²) in [5.41, 5.74) is 6.26. The molecule has 0 radical (unpaired) electrons. The number of nitrogens with zero attached hydrogens (tertiary/aromatic N) is 2. The zero-order valence-electron chi connectivity index (χ0n) is 19.8. The molecule has 0 N–H and O–H groups in total. The topological polar surface area (TPSA) is 29.9 Å². The molecule has 0 bridgehead atoms. The van der Waals surface area contributed by atoms with Crippen LogP contribution in [0.2, 0.25) is 0 Å². The Morgan fingerprint density at radius 2 is 1.93 bits per heavy atom. The van der Waals surface area contributed by atoms with Crippen molar-refractivity contribution in [2.75, 3.05) is 0 Å². The minimum Gasteiger partial charge on any atom is -0.437 e. The van der Waals surface area contributed by atoms with Crippen molar-refractivity contribution >= 4 is 22.1 Å². The Bertz CT molecular complexity index is 1290. The van der Waals surface area contributed by atoms with Crippen LogP contribution in [0.1, 0.15) is 53.2 Å². The second-order valence-corrected chi connectivity index (χ2v) is 7.39. The lowest BCUT2D eigenvalue weighted by molar-refractivity contribution is -0.660. The number of fused-ring (bicyclic) bond motifs is 3. The third-order valence-corrected chi connectivity index (χ3v) is 5.19. The lowest BCUT2D eigenvalue weighted by atomic mass is 9.94. The van der Waals surface area contributed by atoms with Gasteiger partial charge in [-0.05, 0) is 49.4 Å². The molecule has 4 rings (SSSR count). The molecule has 4 aromatic rings. The van der Waals surface area contributed by atoms with Crippen LogP contribution in [0.4, 0.5) is 0 Å². The molecule has 27 heavy (non-hydrogen) atoms. The van der Waals surface area contributed by atoms with E-state index >= 15 is 0 Å². The largest absolute Gasteiger partial charge is 0.437 e. The van der Waals surface area contributed by atoms with Gasteiger partial charge in [0, 0.05) is 32.2 Å². The van der Waals surface area contributed by atoms with E-state index in [1.54, 1.807) is 20.8 Å². The summed E-state index contributed by atoms with van der Waals surface area (Å²) in [6.07, 6.45) is 0.299. The van der Waals surface area contributed by atoms with Crippen molar-refractivity contribution in [3.8, 4) is 11.3 Å². The molecule has 1 aromatic carbocycles. The van der Waals surface area contributed by atoms with Gasteiger partial charge in [0.2, 0.25) is 11.4 Å². The van der Waals surface area contributed by atoms with E-state index in [2.05, 4.69) is 17.1 Å². The molecule has 0 aliphatic heterocycles. The van der Waals surface area contributed by atoms with Crippen LogP contribution in [-0.2, 0) is 13.4 Å². The molecule has 3 aromatic heterocycles. The molecule has 0 spiro atoms. The summed E-state index contributed by atoms with van der Waals surface area (Å²) in [6, 6.07) is 10.0. The molecule has 0 amide bonds. The summed E-state index contributed by atoms with van der Waals surface area (Å²) in [4.78, 5) is 4.54. The third-order valence-electron chi connectivity index (χ3n) is 5.19. The molecule has 0 fully saturated rings. The molecular weight excluding hydrogens is 332 g/mol. The Morgan fingerprint density at radius 1 is 1.19 bits per heavy atom. The minimum atomic E-state index is -1.58. The number of hydrogen-bond acceptors (Lipinski definition) is 2. The molecule has 0 atom stereocenters. The summed E-state index contributed by atoms with van der Waals surface area (Å²) in [5.74, 6) is -0.920. The van der Waals surface area contributed by atoms with Gasteiger partial charge in [0.05, 0.1) is 5.56 Å². The second-order valence-electron chi connectivity index (χ2n) is 7.39. The summed E-state index contributed by atoms with van der Waals surface area (Å²) in [7, 11) is 1.93. The van der Waals surface area contributed by atoms with Crippen molar-refractivity contribution in [3.63, 3.8) is 0 Å². The lowest BCUT2D eigenvalue weighted by Gasteiger charge is -2.13. The Morgan fingerprint density at radius 3 is 2.63 bits per heavy atom. The molecule has 3 heteroatoms. The lowest BCUT2D eigenvalue weighted by Crippen LogP contribution is -2.32. The van der Waals surface area contributed by atoms with Gasteiger partial charge in [0.1, 0.15) is 7.05 Å². The third kappa shape index (κ3) is 2.82. The van der Waals surface area contributed by atoms with Crippen LogP contribution in [0, 0.1) is 13.8 Å². The highest BCUT2D eigenvalue weighted by Crippen LogP contribution is 2.37. The van der Waals surface area contributed by atoms with E-state index in [0.29, 0.717) is 16.8 Å². The summed E-state index contributed by atoms with van der Waals surface area (Å²) in [6.45, 7) is 9.09. The highest BCUT2D eigenvalue weighted by Gasteiger charge is 2.23. The van der Waals surface area contributed by atoms with Gasteiger partial charge in [0.15, 0.2) is 11.8 Å². The number of rotatable bonds is 3. The normalized spacial score (nSPS) is 14.4. The van der Waals surface area contributed by atoms with Gasteiger partial charge >= 0.3 is 0 Å². The van der Waals surface area contributed by atoms with Gasteiger partial charge in [-0.2, -0.15) is 0 Å². The van der Waals surface area contributed by atoms with Crippen LogP contribution in [0.5, 0.6) is 0 Å². The quantitative estimate of drug-likeness (QED) is 0.433. The number of hydrogen-bond donors (Lipinski definition) is 0. The van der Waals surface area contributed by atoms with Crippen LogP contribution in [0.25, 0.3) is 33.3 Å². The first kappa shape index (κ1) is 14.4. The van der Waals surface area contributed by atoms with Crippen molar-refractivity contribution < 1.29 is 13.1 Å². The highest BCUT2D eigenvalue weighted by molar-refractivity contribution is 6.08. The predicted octanol–water partition coefficient (Wildman–Crippen LogP) is 5.78. The average molecular weight is 363 g/mol. The van der Waals surface area contributed by atoms with Crippen molar-refractivity contribution in [2.24, 2.45) is 7.05 Å². The molecule has 0 aliphatic rings. The van der Waals surface area contributed by atoms with Crippen LogP contribution in [0.3, 0.4) is 0 Å². The summed E-state index contributed by atoms with van der Waals surface area (Å²) in [5, 5.41) is 1.96. The molecule has 0 saturated carbocycles. The van der Waals surface area contributed by atoms with Gasteiger partial charge < -0.3 is 4.42 Å². The monoisotopic (exact) mass is 362 g/mol. The molecule has 0 saturated heterocycles. The summed E-state index contributed by atoms with van der Waals surface area (Å²) >= 11 is 0. The zero-order chi connectivity index (χ0) is 22.0. The van der Waals surface area contributed by atoms with Crippen LogP contribution < -0.4 is 4.57 Å². The molecule has 3 heterocycles. The first-order chi connectivity index (χ1) is 13.9. The zero-order valence-corrected chi connectivity index (χ0v) is 16.8. The number of aryl methyl sites for hydroxylation is 4. The van der Waals surface area contributed by atoms with E-state index < -0.39 is 12.3 Å². The Kier molecular flexibility index (Phi) is 3.46. The maximum absolute atomic E-state index is 8.53. The highest BCUT2D eigenvalue weighted by atomic mass is 16.3. The first-order valence-electron chi connectivity index (χ1n) is 10.7. The fourth-order valence-electron chi connectivity index (χ4n) is 3.73. The van der Waals surface area contributed by atoms with Crippen LogP contribution in [-0.4, -0.2) is 4.98 Å². The second kappa shape index (κ2) is 6.49. The van der Waals surface area contributed by atoms with Gasteiger partial charge in [0.25, 0.3) is 0 Å². The van der Waals surface area contributed by atoms with E-state index in [1.807, 2.05) is 49.9 Å². The standard InChI is InChI=1S/C24H27N2O/c1-7-17-12-21(26(6)13-20(17)14(2)3)22-15(4)8-10-18-19-11-9-16(5)25-24(19)27-23(18)22/h8-14H,7H2,1-6H3/q+1/i7D2,14D. The summed E-state index contributed by atoms with van der Waals surface area (Å²) < 4.78 is 33.5. The fourth-order valence-corrected chi connectivity index (χ4v) is 3.73. The molecule has 138 valence electrons. The van der Waals surface area contributed by atoms with E-state index in [0.717, 1.165) is 38.9 Å². The van der Waals surface area contributed by atoms with Crippen molar-refractivity contribution in [2.45, 2.75) is 46.9 Å². The van der Waals surface area contributed by atoms with Gasteiger partial charge in [-0.1, -0.05) is 32.9 Å². The SMILES string of the molecule is [2H]C([2H])(C)c1cc(-c2c(C)ccc3c2oc2nc(C)ccc23)[n+](C)cc1C([2H])(C)C. The Hall–Kier alpha value is -2.68. The van der Waals surface area contributed by atoms with Crippen molar-refractivity contribution in [3.05, 3.63) is 58.9 Å². The van der Waals surface area contributed by atoms with Gasteiger partial charge in [-0.25, -0.2) is 9.55 Å². The van der Waals surface area contributed by atoms with Crippen molar-refractivity contribution in [1.29, 1.82) is 0 Å². The van der Waals surface area contributed by atoms with Crippen molar-refractivity contribution in [1.82, 2.24) is 4.98 Å². The molecule has 0 unspecified atom stereocenters. The molecule has 0 aliphatic carbocycles. The minimum absolute atomic E-state index is 0.525. The van der Waals surface area contributed by atoms with E-state index in [4.69, 9.17) is 8.53 Å². The van der Waals surface area contributed by atoms with E-state index in [-0.39, 0.29) is 0 Å².